The van der Waals surface area contributed by atoms with E-state index in [0.717, 1.165) is 52.8 Å². The zero-order valence-corrected chi connectivity index (χ0v) is 19.4. The fourth-order valence-electron chi connectivity index (χ4n) is 6.46. The van der Waals surface area contributed by atoms with Gasteiger partial charge in [0.2, 0.25) is 0 Å². The van der Waals surface area contributed by atoms with E-state index in [1.807, 2.05) is 18.2 Å². The minimum Gasteiger partial charge on any atom is -0.345 e. The Morgan fingerprint density at radius 2 is 1.94 bits per heavy atom. The van der Waals surface area contributed by atoms with Gasteiger partial charge in [0.15, 0.2) is 0 Å². The van der Waals surface area contributed by atoms with Crippen molar-refractivity contribution in [2.75, 3.05) is 6.54 Å². The molecule has 7 rings (SSSR count). The predicted octanol–water partition coefficient (Wildman–Crippen LogP) is 5.07. The lowest BCUT2D eigenvalue weighted by molar-refractivity contribution is -0.0261. The van der Waals surface area contributed by atoms with Crippen LogP contribution in [0.25, 0.3) is 22.1 Å². The Labute approximate surface area is 192 Å². The third kappa shape index (κ3) is 2.58. The third-order valence-electron chi connectivity index (χ3n) is 9.11. The first kappa shape index (κ1) is 19.3. The van der Waals surface area contributed by atoms with Crippen molar-refractivity contribution in [3.8, 4) is 0 Å². The molecule has 2 bridgehead atoms. The summed E-state index contributed by atoms with van der Waals surface area (Å²) in [4.78, 5) is 31.8. The number of nitrogens with zero attached hydrogens (tertiary/aromatic N) is 3. The van der Waals surface area contributed by atoms with E-state index in [1.165, 1.54) is 24.0 Å². The number of aromatic amines is 2. The van der Waals surface area contributed by atoms with E-state index in [4.69, 9.17) is 4.98 Å². The van der Waals surface area contributed by atoms with Gasteiger partial charge in [-0.3, -0.25) is 4.79 Å². The van der Waals surface area contributed by atoms with Crippen molar-refractivity contribution in [2.45, 2.75) is 63.8 Å². The maximum Gasteiger partial charge on any atom is 0.254 e. The number of hydrogen-bond acceptors (Lipinski definition) is 3. The maximum atomic E-state index is 13.7. The smallest absolute Gasteiger partial charge is 0.254 e. The van der Waals surface area contributed by atoms with Gasteiger partial charge in [-0.1, -0.05) is 20.8 Å². The zero-order valence-electron chi connectivity index (χ0n) is 19.4. The zero-order chi connectivity index (χ0) is 22.5. The lowest BCUT2D eigenvalue weighted by Crippen LogP contribution is -2.64. The number of piperidine rings is 1. The summed E-state index contributed by atoms with van der Waals surface area (Å²) >= 11 is 0. The van der Waals surface area contributed by atoms with Crippen LogP contribution in [0.3, 0.4) is 0 Å². The molecule has 2 atom stereocenters. The van der Waals surface area contributed by atoms with E-state index in [0.29, 0.717) is 5.92 Å². The topological polar surface area (TPSA) is 77.7 Å². The van der Waals surface area contributed by atoms with Crippen LogP contribution in [0.15, 0.2) is 36.7 Å². The highest BCUT2D eigenvalue weighted by Gasteiger charge is 2.57. The van der Waals surface area contributed by atoms with Crippen LogP contribution in [-0.2, 0) is 11.8 Å². The van der Waals surface area contributed by atoms with Crippen LogP contribution in [0, 0.1) is 5.41 Å². The van der Waals surface area contributed by atoms with Gasteiger partial charge in [0.1, 0.15) is 5.82 Å². The van der Waals surface area contributed by atoms with E-state index in [9.17, 15) is 4.79 Å². The molecule has 4 aromatic rings. The second-order valence-corrected chi connectivity index (χ2v) is 11.1. The van der Waals surface area contributed by atoms with E-state index >= 15 is 0 Å². The number of likely N-dealkylation sites (tertiary alicyclic amines) is 1. The molecule has 1 aliphatic heterocycles. The lowest BCUT2D eigenvalue weighted by atomic mass is 9.51. The van der Waals surface area contributed by atoms with Gasteiger partial charge in [-0.15, -0.1) is 0 Å². The Kier molecular flexibility index (Phi) is 3.66. The van der Waals surface area contributed by atoms with Crippen molar-refractivity contribution >= 4 is 28.0 Å². The van der Waals surface area contributed by atoms with Crippen LogP contribution in [0.2, 0.25) is 0 Å². The van der Waals surface area contributed by atoms with Crippen LogP contribution < -0.4 is 0 Å². The van der Waals surface area contributed by atoms with Gasteiger partial charge >= 0.3 is 0 Å². The number of nitrogens with one attached hydrogen (secondary N) is 2. The van der Waals surface area contributed by atoms with Gasteiger partial charge in [-0.25, -0.2) is 9.97 Å². The predicted molar refractivity (Wildman–Crippen MR) is 128 cm³/mol. The molecule has 2 aromatic heterocycles. The number of carbonyl (C=O) groups excluding carboxylic acids is 1. The van der Waals surface area contributed by atoms with Crippen molar-refractivity contribution in [3.05, 3.63) is 59.2 Å². The first-order valence-corrected chi connectivity index (χ1v) is 12.1. The molecule has 2 aromatic carbocycles. The van der Waals surface area contributed by atoms with Crippen molar-refractivity contribution < 1.29 is 4.79 Å². The molecule has 6 nitrogen and oxygen atoms in total. The van der Waals surface area contributed by atoms with Crippen LogP contribution in [0.1, 0.15) is 73.3 Å². The Morgan fingerprint density at radius 1 is 1.09 bits per heavy atom. The van der Waals surface area contributed by atoms with Crippen LogP contribution >= 0.6 is 0 Å². The Bertz CT molecular complexity index is 1440. The Balaban J connectivity index is 1.31. The van der Waals surface area contributed by atoms with Crippen molar-refractivity contribution in [3.63, 3.8) is 0 Å². The standard InChI is InChI=1S/C27H29N5O/c1-26(2)23-12-17-11-21-22(31-24(30-21)15-4-5-15)13-18(17)27(26,3)8-9-32(23)25(33)16-6-7-19-20(10-16)29-14-28-19/h6-7,10-11,13-15,23H,4-5,8-9,12H2,1-3H3,(H,28,29)(H,30,31)/t23?,27-/m0/s1. The SMILES string of the molecule is CC1(C)C2Cc3cc4nc(C5CC5)[nH]c4cc3[C@]1(C)CCN2C(=O)c1ccc2nc[nH]c2c1. The molecular formula is C27H29N5O. The quantitative estimate of drug-likeness (QED) is 0.458. The molecule has 6 heteroatoms. The van der Waals surface area contributed by atoms with E-state index in [2.05, 4.69) is 52.8 Å². The summed E-state index contributed by atoms with van der Waals surface area (Å²) in [5.74, 6) is 1.87. The molecule has 0 radical (unpaired) electrons. The summed E-state index contributed by atoms with van der Waals surface area (Å²) in [6.07, 6.45) is 5.99. The number of hydrogen-bond donors (Lipinski definition) is 2. The Hall–Kier alpha value is -3.15. The molecule has 1 saturated heterocycles. The number of benzene rings is 2. The molecule has 3 aliphatic rings. The third-order valence-corrected chi connectivity index (χ3v) is 9.11. The highest BCUT2D eigenvalue weighted by Crippen LogP contribution is 2.56. The molecule has 2 fully saturated rings. The van der Waals surface area contributed by atoms with E-state index < -0.39 is 0 Å². The van der Waals surface area contributed by atoms with Crippen LogP contribution in [-0.4, -0.2) is 43.3 Å². The first-order valence-electron chi connectivity index (χ1n) is 12.1. The number of imidazole rings is 2. The molecule has 2 aliphatic carbocycles. The normalized spacial score (nSPS) is 26.0. The highest BCUT2D eigenvalue weighted by molar-refractivity contribution is 5.97. The molecule has 33 heavy (non-hydrogen) atoms. The number of fused-ring (bicyclic) bond motifs is 6. The second-order valence-electron chi connectivity index (χ2n) is 11.1. The maximum absolute atomic E-state index is 13.7. The monoisotopic (exact) mass is 439 g/mol. The minimum atomic E-state index is -0.0426. The molecule has 1 saturated carbocycles. The van der Waals surface area contributed by atoms with E-state index in [-0.39, 0.29) is 22.8 Å². The van der Waals surface area contributed by atoms with Gasteiger partial charge in [0.05, 0.1) is 28.4 Å². The first-order chi connectivity index (χ1) is 15.8. The van der Waals surface area contributed by atoms with E-state index in [1.54, 1.807) is 6.33 Å². The molecule has 1 amide bonds. The fourth-order valence-corrected chi connectivity index (χ4v) is 6.46. The number of carbonyl (C=O) groups is 1. The highest BCUT2D eigenvalue weighted by atomic mass is 16.2. The summed E-state index contributed by atoms with van der Waals surface area (Å²) in [6, 6.07) is 10.6. The molecule has 168 valence electrons. The number of H-pyrrole nitrogens is 2. The molecule has 3 heterocycles. The van der Waals surface area contributed by atoms with Gasteiger partial charge in [0.25, 0.3) is 5.91 Å². The summed E-state index contributed by atoms with van der Waals surface area (Å²) < 4.78 is 0. The van der Waals surface area contributed by atoms with Crippen molar-refractivity contribution in [2.24, 2.45) is 5.41 Å². The van der Waals surface area contributed by atoms with Crippen molar-refractivity contribution in [1.82, 2.24) is 24.8 Å². The summed E-state index contributed by atoms with van der Waals surface area (Å²) in [5, 5.41) is 0. The minimum absolute atomic E-state index is 0.00834. The largest absolute Gasteiger partial charge is 0.345 e. The molecule has 1 unspecified atom stereocenters. The van der Waals surface area contributed by atoms with Crippen molar-refractivity contribution in [1.29, 1.82) is 0 Å². The summed E-state index contributed by atoms with van der Waals surface area (Å²) in [7, 11) is 0. The van der Waals surface area contributed by atoms with Gasteiger partial charge in [-0.05, 0) is 72.6 Å². The van der Waals surface area contributed by atoms with Gasteiger partial charge in [0, 0.05) is 29.5 Å². The lowest BCUT2D eigenvalue weighted by Gasteiger charge is -2.60. The summed E-state index contributed by atoms with van der Waals surface area (Å²) in [6.45, 7) is 7.88. The summed E-state index contributed by atoms with van der Waals surface area (Å²) in [5.41, 5.74) is 7.51. The average Bonchev–Trinajstić information content (AvgIpc) is 3.38. The Morgan fingerprint density at radius 3 is 2.76 bits per heavy atom. The number of rotatable bonds is 2. The van der Waals surface area contributed by atoms with Crippen LogP contribution in [0.5, 0.6) is 0 Å². The second kappa shape index (κ2) is 6.25. The van der Waals surface area contributed by atoms with Gasteiger partial charge in [-0.2, -0.15) is 0 Å². The molecule has 2 N–H and O–H groups in total. The molecular weight excluding hydrogens is 410 g/mol. The average molecular weight is 440 g/mol. The van der Waals surface area contributed by atoms with Crippen LogP contribution in [0.4, 0.5) is 0 Å². The number of amides is 1. The molecule has 0 spiro atoms. The fraction of sp³-hybridized carbons (Fsp3) is 0.444. The number of aromatic nitrogens is 4. The van der Waals surface area contributed by atoms with Gasteiger partial charge < -0.3 is 14.9 Å².